The maximum Gasteiger partial charge on any atom is 0.235 e. The highest BCUT2D eigenvalue weighted by atomic mass is 35.5. The van der Waals surface area contributed by atoms with Gasteiger partial charge >= 0.3 is 0 Å². The average molecular weight is 296 g/mol. The molecule has 1 saturated carbocycles. The molecule has 0 saturated heterocycles. The molecule has 0 radical (unpaired) electrons. The summed E-state index contributed by atoms with van der Waals surface area (Å²) in [7, 11) is 1.57. The summed E-state index contributed by atoms with van der Waals surface area (Å²) >= 11 is 6.15. The third-order valence-corrected chi connectivity index (χ3v) is 3.75. The van der Waals surface area contributed by atoms with Gasteiger partial charge in [-0.15, -0.1) is 0 Å². The first-order valence-corrected chi connectivity index (χ1v) is 7.04. The fraction of sp³-hybridized carbons (Fsp3) is 0.533. The molecule has 0 amide bonds. The predicted molar refractivity (Wildman–Crippen MR) is 77.4 cm³/mol. The summed E-state index contributed by atoms with van der Waals surface area (Å²) in [4.78, 5) is 14.8. The van der Waals surface area contributed by atoms with Crippen LogP contribution in [0, 0.1) is 0 Å². The van der Waals surface area contributed by atoms with Gasteiger partial charge in [0.1, 0.15) is 5.54 Å². The highest BCUT2D eigenvalue weighted by Crippen LogP contribution is 2.51. The van der Waals surface area contributed by atoms with E-state index in [4.69, 9.17) is 21.1 Å². The molecule has 4 nitrogen and oxygen atoms in total. The van der Waals surface area contributed by atoms with Crippen LogP contribution in [0.15, 0.2) is 17.1 Å². The Morgan fingerprint density at radius 1 is 1.40 bits per heavy atom. The number of carbonyl (C=O) groups excluding carboxylic acids is 1. The van der Waals surface area contributed by atoms with Crippen LogP contribution in [0.25, 0.3) is 0 Å². The van der Waals surface area contributed by atoms with E-state index in [-0.39, 0.29) is 6.10 Å². The van der Waals surface area contributed by atoms with Gasteiger partial charge in [-0.2, -0.15) is 4.99 Å². The van der Waals surface area contributed by atoms with Gasteiger partial charge in [0.2, 0.25) is 6.08 Å². The summed E-state index contributed by atoms with van der Waals surface area (Å²) in [5.41, 5.74) is 0.245. The number of isocyanates is 1. The molecule has 20 heavy (non-hydrogen) atoms. The Labute approximate surface area is 123 Å². The van der Waals surface area contributed by atoms with Gasteiger partial charge in [0.15, 0.2) is 11.5 Å². The van der Waals surface area contributed by atoms with Crippen molar-refractivity contribution in [3.8, 4) is 11.5 Å². The summed E-state index contributed by atoms with van der Waals surface area (Å²) in [5, 5.41) is 0.542. The first kappa shape index (κ1) is 14.9. The van der Waals surface area contributed by atoms with Crippen LogP contribution in [0.3, 0.4) is 0 Å². The fourth-order valence-electron chi connectivity index (χ4n) is 2.46. The van der Waals surface area contributed by atoms with Gasteiger partial charge in [0, 0.05) is 16.7 Å². The molecule has 5 heteroatoms. The van der Waals surface area contributed by atoms with E-state index in [0.29, 0.717) is 16.5 Å². The number of hydrogen-bond acceptors (Lipinski definition) is 4. The molecule has 0 N–H and O–H groups in total. The Balaban J connectivity index is 2.60. The van der Waals surface area contributed by atoms with E-state index in [2.05, 4.69) is 4.99 Å². The molecule has 1 aromatic carbocycles. The Kier molecular flexibility index (Phi) is 4.36. The summed E-state index contributed by atoms with van der Waals surface area (Å²) in [6.45, 7) is 3.88. The maximum absolute atomic E-state index is 10.8. The quantitative estimate of drug-likeness (QED) is 0.612. The molecule has 0 spiro atoms. The third-order valence-electron chi connectivity index (χ3n) is 3.53. The zero-order valence-corrected chi connectivity index (χ0v) is 12.7. The molecule has 0 unspecified atom stereocenters. The van der Waals surface area contributed by atoms with E-state index in [1.54, 1.807) is 19.3 Å². The predicted octanol–water partition coefficient (Wildman–Crippen LogP) is 3.85. The standard InChI is InChI=1S/C15H18ClNO3/c1-10(2)20-14-12(7-11(16)8-13(14)19-3)15(17-9-18)5-4-6-15/h7-8,10H,4-6H2,1-3H3. The molecule has 1 aromatic rings. The molecule has 0 aromatic heterocycles. The third kappa shape index (κ3) is 2.67. The van der Waals surface area contributed by atoms with Crippen LogP contribution in [-0.2, 0) is 10.3 Å². The monoisotopic (exact) mass is 295 g/mol. The SMILES string of the molecule is COc1cc(Cl)cc(C2(N=C=O)CCC2)c1OC(C)C. The highest BCUT2D eigenvalue weighted by Gasteiger charge is 2.42. The van der Waals surface area contributed by atoms with E-state index in [0.717, 1.165) is 24.8 Å². The van der Waals surface area contributed by atoms with Crippen molar-refractivity contribution in [3.05, 3.63) is 22.7 Å². The fourth-order valence-corrected chi connectivity index (χ4v) is 2.67. The topological polar surface area (TPSA) is 47.9 Å². The van der Waals surface area contributed by atoms with Crippen molar-refractivity contribution in [1.82, 2.24) is 0 Å². The van der Waals surface area contributed by atoms with Gasteiger partial charge in [-0.25, -0.2) is 4.79 Å². The van der Waals surface area contributed by atoms with Gasteiger partial charge in [0.25, 0.3) is 0 Å². The lowest BCUT2D eigenvalue weighted by Gasteiger charge is -2.38. The normalized spacial score (nSPS) is 16.2. The van der Waals surface area contributed by atoms with E-state index < -0.39 is 5.54 Å². The molecule has 1 fully saturated rings. The Bertz CT molecular complexity index is 546. The average Bonchev–Trinajstić information content (AvgIpc) is 2.35. The van der Waals surface area contributed by atoms with Crippen LogP contribution in [0.4, 0.5) is 0 Å². The minimum absolute atomic E-state index is 0.0128. The van der Waals surface area contributed by atoms with Crippen molar-refractivity contribution >= 4 is 17.7 Å². The second kappa shape index (κ2) is 5.86. The maximum atomic E-state index is 10.8. The van der Waals surface area contributed by atoms with Crippen LogP contribution < -0.4 is 9.47 Å². The lowest BCUT2D eigenvalue weighted by Crippen LogP contribution is -2.33. The Morgan fingerprint density at radius 2 is 2.10 bits per heavy atom. The summed E-state index contributed by atoms with van der Waals surface area (Å²) in [6, 6.07) is 3.52. The molecule has 1 aliphatic rings. The molecule has 0 heterocycles. The lowest BCUT2D eigenvalue weighted by molar-refractivity contribution is 0.202. The second-order valence-corrected chi connectivity index (χ2v) is 5.68. The van der Waals surface area contributed by atoms with Crippen molar-refractivity contribution in [2.45, 2.75) is 44.8 Å². The smallest absolute Gasteiger partial charge is 0.235 e. The first-order chi connectivity index (χ1) is 9.52. The number of ether oxygens (including phenoxy) is 2. The zero-order valence-electron chi connectivity index (χ0n) is 11.9. The molecular formula is C15H18ClNO3. The van der Waals surface area contributed by atoms with Crippen LogP contribution >= 0.6 is 11.6 Å². The highest BCUT2D eigenvalue weighted by molar-refractivity contribution is 6.30. The first-order valence-electron chi connectivity index (χ1n) is 6.66. The number of rotatable bonds is 5. The summed E-state index contributed by atoms with van der Waals surface area (Å²) in [6.07, 6.45) is 4.27. The van der Waals surface area contributed by atoms with Crippen molar-refractivity contribution < 1.29 is 14.3 Å². The number of benzene rings is 1. The largest absolute Gasteiger partial charge is 0.493 e. The van der Waals surface area contributed by atoms with Gasteiger partial charge in [-0.05, 0) is 39.2 Å². The molecule has 108 valence electrons. The molecule has 0 bridgehead atoms. The number of hydrogen-bond donors (Lipinski definition) is 0. The van der Waals surface area contributed by atoms with Gasteiger partial charge in [0.05, 0.1) is 13.2 Å². The van der Waals surface area contributed by atoms with Crippen LogP contribution in [0.5, 0.6) is 11.5 Å². The van der Waals surface area contributed by atoms with Crippen molar-refractivity contribution in [1.29, 1.82) is 0 Å². The Hall–Kier alpha value is -1.51. The molecule has 1 aliphatic carbocycles. The molecule has 0 aliphatic heterocycles. The van der Waals surface area contributed by atoms with E-state index >= 15 is 0 Å². The summed E-state index contributed by atoms with van der Waals surface area (Å²) < 4.78 is 11.2. The van der Waals surface area contributed by atoms with Crippen molar-refractivity contribution in [2.75, 3.05) is 7.11 Å². The molecule has 2 rings (SSSR count). The van der Waals surface area contributed by atoms with Crippen molar-refractivity contribution in [2.24, 2.45) is 4.99 Å². The second-order valence-electron chi connectivity index (χ2n) is 5.24. The van der Waals surface area contributed by atoms with Gasteiger partial charge in [-0.3, -0.25) is 0 Å². The number of nitrogens with zero attached hydrogens (tertiary/aromatic N) is 1. The minimum Gasteiger partial charge on any atom is -0.493 e. The zero-order chi connectivity index (χ0) is 14.8. The van der Waals surface area contributed by atoms with Gasteiger partial charge in [-0.1, -0.05) is 11.6 Å². The van der Waals surface area contributed by atoms with E-state index in [9.17, 15) is 4.79 Å². The number of aliphatic imine (C=N–C) groups is 1. The van der Waals surface area contributed by atoms with Gasteiger partial charge < -0.3 is 9.47 Å². The van der Waals surface area contributed by atoms with Crippen LogP contribution in [0.1, 0.15) is 38.7 Å². The lowest BCUT2D eigenvalue weighted by atomic mass is 9.72. The molecular weight excluding hydrogens is 278 g/mol. The summed E-state index contributed by atoms with van der Waals surface area (Å²) in [5.74, 6) is 1.18. The number of methoxy groups -OCH3 is 1. The minimum atomic E-state index is -0.565. The van der Waals surface area contributed by atoms with Crippen molar-refractivity contribution in [3.63, 3.8) is 0 Å². The Morgan fingerprint density at radius 3 is 2.55 bits per heavy atom. The molecule has 0 atom stereocenters. The number of halogens is 1. The van der Waals surface area contributed by atoms with E-state index in [1.165, 1.54) is 0 Å². The van der Waals surface area contributed by atoms with Crippen LogP contribution in [0.2, 0.25) is 5.02 Å². The van der Waals surface area contributed by atoms with Crippen LogP contribution in [-0.4, -0.2) is 19.3 Å². The van der Waals surface area contributed by atoms with E-state index in [1.807, 2.05) is 19.9 Å².